The first kappa shape index (κ1) is 27.9. The molecule has 0 aromatic heterocycles. The summed E-state index contributed by atoms with van der Waals surface area (Å²) in [7, 11) is -0.938. The summed E-state index contributed by atoms with van der Waals surface area (Å²) in [6, 6.07) is 16.2. The zero-order valence-electron chi connectivity index (χ0n) is 18.8. The van der Waals surface area contributed by atoms with E-state index >= 15 is 0 Å². The molecule has 3 rings (SSSR count). The Bertz CT molecular complexity index is 820. The van der Waals surface area contributed by atoms with E-state index in [1.54, 1.807) is 5.57 Å². The molecule has 2 unspecified atom stereocenters. The van der Waals surface area contributed by atoms with E-state index in [1.807, 2.05) is 0 Å². The first-order chi connectivity index (χ1) is 13.5. The third-order valence-corrected chi connectivity index (χ3v) is 13.1. The van der Waals surface area contributed by atoms with Gasteiger partial charge in [0.25, 0.3) is 0 Å². The van der Waals surface area contributed by atoms with Crippen molar-refractivity contribution in [1.82, 2.24) is 0 Å². The van der Waals surface area contributed by atoms with Gasteiger partial charge in [0.05, 0.1) is 0 Å². The quantitative estimate of drug-likeness (QED) is 0.438. The normalized spacial score (nSPS) is 15.5. The van der Waals surface area contributed by atoms with E-state index in [9.17, 15) is 0 Å². The van der Waals surface area contributed by atoms with Crippen LogP contribution in [-0.4, -0.2) is 9.04 Å². The molecule has 0 fully saturated rings. The Morgan fingerprint density at radius 3 is 2.33 bits per heavy atom. The second-order valence-electron chi connectivity index (χ2n) is 8.28. The van der Waals surface area contributed by atoms with Crippen LogP contribution in [0.5, 0.6) is 0 Å². The molecule has 0 heterocycles. The molecule has 0 bridgehead atoms. The largest absolute Gasteiger partial charge is 1.00 e. The summed E-state index contributed by atoms with van der Waals surface area (Å²) in [5, 5.41) is 0. The van der Waals surface area contributed by atoms with Crippen molar-refractivity contribution in [3.05, 3.63) is 64.7 Å². The van der Waals surface area contributed by atoms with Crippen molar-refractivity contribution < 1.29 is 51.0 Å². The van der Waals surface area contributed by atoms with Gasteiger partial charge in [0.1, 0.15) is 0 Å². The topological polar surface area (TPSA) is 9.23 Å². The molecule has 5 heteroatoms. The smallest absolute Gasteiger partial charge is 1.00 e. The Hall–Kier alpha value is -0.180. The number of allylic oxidation sites excluding steroid dienone is 1. The fourth-order valence-electron chi connectivity index (χ4n) is 3.88. The monoisotopic (exact) mass is 538 g/mol. The zero-order valence-corrected chi connectivity index (χ0v) is 24.0. The van der Waals surface area contributed by atoms with Crippen molar-refractivity contribution in [3.63, 3.8) is 0 Å². The van der Waals surface area contributed by atoms with Crippen molar-refractivity contribution in [2.75, 3.05) is 0 Å². The van der Waals surface area contributed by atoms with Gasteiger partial charge in [0, 0.05) is 0 Å². The van der Waals surface area contributed by atoms with Crippen LogP contribution in [0, 0.1) is 0 Å². The molecule has 30 heavy (non-hydrogen) atoms. The van der Waals surface area contributed by atoms with Gasteiger partial charge >= 0.3 is 186 Å². The molecular formula is C25H34Cl2OSiZr. The maximum absolute atomic E-state index is 6.36. The van der Waals surface area contributed by atoms with Gasteiger partial charge in [0.2, 0.25) is 0 Å². The van der Waals surface area contributed by atoms with Gasteiger partial charge in [-0.15, -0.1) is 0 Å². The van der Waals surface area contributed by atoms with Crippen LogP contribution in [-0.2, 0) is 26.2 Å². The molecule has 1 aliphatic carbocycles. The van der Waals surface area contributed by atoms with E-state index in [1.165, 1.54) is 53.5 Å². The molecule has 0 saturated heterocycles. The number of hydrogen-bond donors (Lipinski definition) is 0. The summed E-state index contributed by atoms with van der Waals surface area (Å²) >= 11 is -0.884. The van der Waals surface area contributed by atoms with E-state index in [4.69, 9.17) is 2.50 Å². The third kappa shape index (κ3) is 6.66. The van der Waals surface area contributed by atoms with Crippen LogP contribution in [0.25, 0.3) is 17.2 Å². The number of rotatable bonds is 9. The van der Waals surface area contributed by atoms with Crippen LogP contribution < -0.4 is 24.8 Å². The summed E-state index contributed by atoms with van der Waals surface area (Å²) in [5.41, 5.74) is 8.83. The van der Waals surface area contributed by atoms with Gasteiger partial charge in [0.15, 0.2) is 0 Å². The molecule has 0 N–H and O–H groups in total. The van der Waals surface area contributed by atoms with Gasteiger partial charge < -0.3 is 24.8 Å². The second-order valence-corrected chi connectivity index (χ2v) is 14.3. The van der Waals surface area contributed by atoms with Gasteiger partial charge in [-0.25, -0.2) is 0 Å². The van der Waals surface area contributed by atoms with E-state index in [0.717, 1.165) is 0 Å². The molecule has 1 aliphatic rings. The van der Waals surface area contributed by atoms with E-state index < -0.39 is 32.7 Å². The first-order valence-electron chi connectivity index (χ1n) is 10.9. The third-order valence-electron chi connectivity index (χ3n) is 5.80. The number of halogens is 2. The predicted octanol–water partition coefficient (Wildman–Crippen LogP) is 1.50. The van der Waals surface area contributed by atoms with Crippen molar-refractivity contribution in [2.24, 2.45) is 0 Å². The fourth-order valence-corrected chi connectivity index (χ4v) is 9.16. The maximum Gasteiger partial charge on any atom is -1.00 e. The van der Waals surface area contributed by atoms with E-state index in [-0.39, 0.29) is 24.8 Å². The number of unbranched alkanes of at least 4 members (excludes halogenated alkanes) is 1. The van der Waals surface area contributed by atoms with Gasteiger partial charge in [-0.1, -0.05) is 0 Å². The second kappa shape index (κ2) is 13.4. The number of hydrogen-bond acceptors (Lipinski definition) is 1. The first-order valence-corrected chi connectivity index (χ1v) is 16.1. The predicted molar refractivity (Wildman–Crippen MR) is 121 cm³/mol. The molecule has 0 radical (unpaired) electrons. The number of benzene rings is 2. The average Bonchev–Trinajstić information content (AvgIpc) is 3.07. The summed E-state index contributed by atoms with van der Waals surface area (Å²) < 4.78 is 6.97. The van der Waals surface area contributed by atoms with Crippen LogP contribution in [0.2, 0.25) is 13.1 Å². The molecule has 0 spiro atoms. The summed E-state index contributed by atoms with van der Waals surface area (Å²) in [6.07, 6.45) is 7.48. The summed E-state index contributed by atoms with van der Waals surface area (Å²) in [4.78, 5) is 0. The molecule has 0 amide bonds. The maximum atomic E-state index is 6.36. The van der Waals surface area contributed by atoms with E-state index in [0.29, 0.717) is 9.54 Å². The molecule has 0 saturated carbocycles. The van der Waals surface area contributed by atoms with Crippen LogP contribution in [0.1, 0.15) is 72.7 Å². The zero-order chi connectivity index (χ0) is 20.1. The van der Waals surface area contributed by atoms with Gasteiger partial charge in [-0.05, 0) is 0 Å². The average molecular weight is 541 g/mol. The molecule has 2 atom stereocenters. The van der Waals surface area contributed by atoms with Crippen molar-refractivity contribution in [3.8, 4) is 11.1 Å². The Morgan fingerprint density at radius 2 is 1.73 bits per heavy atom. The molecule has 2 aromatic rings. The van der Waals surface area contributed by atoms with Crippen molar-refractivity contribution in [2.45, 2.75) is 69.1 Å². The minimum atomic E-state index is -0.938. The van der Waals surface area contributed by atoms with Crippen molar-refractivity contribution >= 4 is 15.1 Å². The Kier molecular flexibility index (Phi) is 12.4. The molecule has 0 aliphatic heterocycles. The Morgan fingerprint density at radius 1 is 1.03 bits per heavy atom. The van der Waals surface area contributed by atoms with Crippen LogP contribution in [0.15, 0.2) is 48.0 Å². The standard InChI is InChI=1S/C23H27.C2H7OSi.2ClH.Zr/c1-4-6-8-18-15-21-9-7-10-22(23(21)16-18)20-13-11-19(12-14-20)17(3)5-2;1-4(2)3;;;/h7,9-17H,4-6,8H2,1-3H3;4H,1-2H3;2*1H;/q;-1;;;+3/p-2. The Labute approximate surface area is 209 Å². The minimum absolute atomic E-state index is 0. The molecule has 162 valence electrons. The van der Waals surface area contributed by atoms with Crippen LogP contribution >= 0.6 is 0 Å². The van der Waals surface area contributed by atoms with Crippen LogP contribution in [0.4, 0.5) is 0 Å². The fraction of sp³-hybridized carbons (Fsp3) is 0.440. The molecule has 2 aromatic carbocycles. The van der Waals surface area contributed by atoms with Gasteiger partial charge in [-0.3, -0.25) is 0 Å². The van der Waals surface area contributed by atoms with E-state index in [2.05, 4.69) is 82.4 Å². The van der Waals surface area contributed by atoms with Crippen LogP contribution in [0.3, 0.4) is 0 Å². The number of fused-ring (bicyclic) bond motifs is 1. The molecule has 1 nitrogen and oxygen atoms in total. The summed E-state index contributed by atoms with van der Waals surface area (Å²) in [6.45, 7) is 11.5. The van der Waals surface area contributed by atoms with Crippen molar-refractivity contribution in [1.29, 1.82) is 0 Å². The summed E-state index contributed by atoms with van der Waals surface area (Å²) in [5.74, 6) is 0.630. The van der Waals surface area contributed by atoms with Gasteiger partial charge in [-0.2, -0.15) is 0 Å². The minimum Gasteiger partial charge on any atom is -1.00 e. The molecular weight excluding hydrogens is 506 g/mol. The Balaban J connectivity index is 0.00000225. The SMILES string of the molecule is CCCCC1=Cc2c(-c3ccc(C(C)CC)cc3)cccc2[CH]1[Zr+2][O][SiH](C)C.[Cl-].[Cl-].